The molecular formula is C22H27N3O2Si. The molecule has 1 N–H and O–H groups in total. The summed E-state index contributed by atoms with van der Waals surface area (Å²) in [6, 6.07) is 12.1. The average molecular weight is 394 g/mol. The normalized spacial score (nSPS) is 15.6. The molecular weight excluding hydrogens is 366 g/mol. The predicted molar refractivity (Wildman–Crippen MR) is 116 cm³/mol. The van der Waals surface area contributed by atoms with Crippen LogP contribution in [0.4, 0.5) is 5.69 Å². The molecule has 3 rings (SSSR count). The third kappa shape index (κ3) is 5.39. The molecule has 5 nitrogen and oxygen atoms in total. The fraction of sp³-hybridized carbons (Fsp3) is 0.318. The molecule has 1 aromatic carbocycles. The van der Waals surface area contributed by atoms with Gasteiger partial charge in [0.1, 0.15) is 0 Å². The second-order valence-corrected chi connectivity index (χ2v) is 9.97. The Kier molecular flexibility index (Phi) is 7.14. The maximum absolute atomic E-state index is 12.6. The van der Waals surface area contributed by atoms with Gasteiger partial charge in [-0.05, 0) is 41.8 Å². The Balaban J connectivity index is 1.32. The van der Waals surface area contributed by atoms with Crippen LogP contribution in [0, 0.1) is 0 Å². The molecule has 2 heterocycles. The molecule has 1 aliphatic heterocycles. The molecule has 146 valence electrons. The number of carbonyl (C=O) groups excluding carboxylic acids is 2. The van der Waals surface area contributed by atoms with Crippen LogP contribution in [0.15, 0.2) is 54.9 Å². The van der Waals surface area contributed by atoms with Gasteiger partial charge in [0.25, 0.3) is 0 Å². The van der Waals surface area contributed by atoms with Crippen molar-refractivity contribution >= 4 is 37.6 Å². The monoisotopic (exact) mass is 393 g/mol. The van der Waals surface area contributed by atoms with E-state index in [2.05, 4.69) is 35.0 Å². The van der Waals surface area contributed by atoms with Crippen molar-refractivity contribution in [2.24, 2.45) is 0 Å². The predicted octanol–water partition coefficient (Wildman–Crippen LogP) is 2.42. The topological polar surface area (TPSA) is 62.3 Å². The largest absolute Gasteiger partial charge is 0.353 e. The summed E-state index contributed by atoms with van der Waals surface area (Å²) in [6.07, 6.45) is 10.8. The number of amides is 2. The molecule has 0 aliphatic carbocycles. The highest BCUT2D eigenvalue weighted by Crippen LogP contribution is 2.20. The lowest BCUT2D eigenvalue weighted by molar-refractivity contribution is -0.118. The lowest BCUT2D eigenvalue weighted by Gasteiger charge is -2.17. The number of carbonyl (C=O) groups is 2. The fourth-order valence-electron chi connectivity index (χ4n) is 3.49. The standard InChI is InChI=1S/C22H27N3O2Si/c1-28-17-25(19-9-4-5-10-20(19)28)22(27)11-3-2-6-15-24-21(26)13-12-18-8-7-14-23-16-18/h4-5,7-10,12-14,16,28H,2-3,6,11,15,17H2,1H3,(H,24,26)/b13-12+. The molecule has 0 fully saturated rings. The van der Waals surface area contributed by atoms with Gasteiger partial charge in [-0.15, -0.1) is 0 Å². The van der Waals surface area contributed by atoms with Crippen molar-refractivity contribution < 1.29 is 9.59 Å². The van der Waals surface area contributed by atoms with Crippen LogP contribution in [-0.4, -0.2) is 38.3 Å². The Labute approximate surface area is 168 Å². The van der Waals surface area contributed by atoms with Crippen molar-refractivity contribution in [2.75, 3.05) is 17.6 Å². The van der Waals surface area contributed by atoms with Crippen LogP contribution in [0.25, 0.3) is 6.08 Å². The zero-order valence-corrected chi connectivity index (χ0v) is 17.5. The van der Waals surface area contributed by atoms with Gasteiger partial charge in [0, 0.05) is 43.3 Å². The van der Waals surface area contributed by atoms with Crippen molar-refractivity contribution in [3.8, 4) is 0 Å². The summed E-state index contributed by atoms with van der Waals surface area (Å²) in [4.78, 5) is 30.4. The van der Waals surface area contributed by atoms with E-state index in [9.17, 15) is 9.59 Å². The van der Waals surface area contributed by atoms with E-state index < -0.39 is 8.80 Å². The second-order valence-electron chi connectivity index (χ2n) is 7.19. The molecule has 0 radical (unpaired) electrons. The summed E-state index contributed by atoms with van der Waals surface area (Å²) in [5, 5.41) is 4.28. The number of nitrogens with zero attached hydrogens (tertiary/aromatic N) is 2. The number of fused-ring (bicyclic) bond motifs is 1. The van der Waals surface area contributed by atoms with Crippen LogP contribution in [0.2, 0.25) is 6.55 Å². The van der Waals surface area contributed by atoms with Crippen molar-refractivity contribution in [2.45, 2.75) is 32.2 Å². The molecule has 0 bridgehead atoms. The summed E-state index contributed by atoms with van der Waals surface area (Å²) in [6.45, 7) is 2.93. The van der Waals surface area contributed by atoms with E-state index in [1.807, 2.05) is 23.1 Å². The minimum Gasteiger partial charge on any atom is -0.353 e. The van der Waals surface area contributed by atoms with E-state index in [0.29, 0.717) is 13.0 Å². The highest BCUT2D eigenvalue weighted by Gasteiger charge is 2.29. The second kappa shape index (κ2) is 9.99. The molecule has 2 amide bonds. The van der Waals surface area contributed by atoms with Crippen LogP contribution in [0.3, 0.4) is 0 Å². The highest BCUT2D eigenvalue weighted by atomic mass is 28.3. The first-order chi connectivity index (χ1) is 13.6. The Morgan fingerprint density at radius 1 is 1.18 bits per heavy atom. The molecule has 6 heteroatoms. The number of pyridine rings is 1. The van der Waals surface area contributed by atoms with E-state index >= 15 is 0 Å². The zero-order chi connectivity index (χ0) is 19.8. The van der Waals surface area contributed by atoms with Gasteiger partial charge in [0.05, 0.1) is 8.80 Å². The van der Waals surface area contributed by atoms with Gasteiger partial charge in [-0.3, -0.25) is 14.6 Å². The van der Waals surface area contributed by atoms with Crippen molar-refractivity contribution in [3.05, 3.63) is 60.4 Å². The van der Waals surface area contributed by atoms with Gasteiger partial charge in [-0.1, -0.05) is 37.2 Å². The first-order valence-electron chi connectivity index (χ1n) is 9.90. The van der Waals surface area contributed by atoms with Crippen LogP contribution >= 0.6 is 0 Å². The molecule has 0 saturated heterocycles. The van der Waals surface area contributed by atoms with Gasteiger partial charge < -0.3 is 10.2 Å². The number of unbranched alkanes of at least 4 members (excludes halogenated alkanes) is 2. The highest BCUT2D eigenvalue weighted by molar-refractivity contribution is 6.76. The number of rotatable bonds is 8. The maximum Gasteiger partial charge on any atom is 0.243 e. The fourth-order valence-corrected chi connectivity index (χ4v) is 5.83. The number of anilines is 1. The summed E-state index contributed by atoms with van der Waals surface area (Å²) in [5.74, 6) is 0.125. The van der Waals surface area contributed by atoms with Crippen LogP contribution in [0.5, 0.6) is 0 Å². The molecule has 0 saturated carbocycles. The Morgan fingerprint density at radius 3 is 2.86 bits per heavy atom. The Hall–Kier alpha value is -2.73. The van der Waals surface area contributed by atoms with E-state index in [4.69, 9.17) is 0 Å². The van der Waals surface area contributed by atoms with Crippen molar-refractivity contribution in [1.29, 1.82) is 0 Å². The molecule has 28 heavy (non-hydrogen) atoms. The van der Waals surface area contributed by atoms with Gasteiger partial charge in [-0.25, -0.2) is 0 Å². The number of para-hydroxylation sites is 1. The van der Waals surface area contributed by atoms with E-state index in [1.165, 1.54) is 11.3 Å². The maximum atomic E-state index is 12.6. The van der Waals surface area contributed by atoms with E-state index in [0.717, 1.165) is 36.7 Å². The first-order valence-corrected chi connectivity index (χ1v) is 12.5. The third-order valence-corrected chi connectivity index (χ3v) is 7.46. The molecule has 0 spiro atoms. The number of hydrogen-bond acceptors (Lipinski definition) is 3. The average Bonchev–Trinajstić information content (AvgIpc) is 3.06. The summed E-state index contributed by atoms with van der Waals surface area (Å²) in [5.41, 5.74) is 2.02. The lowest BCUT2D eigenvalue weighted by Crippen LogP contribution is -2.33. The molecule has 1 unspecified atom stereocenters. The van der Waals surface area contributed by atoms with E-state index in [1.54, 1.807) is 18.5 Å². The minimum absolute atomic E-state index is 0.104. The Bertz CT molecular complexity index is 839. The van der Waals surface area contributed by atoms with Crippen molar-refractivity contribution in [3.63, 3.8) is 0 Å². The Morgan fingerprint density at radius 2 is 2.04 bits per heavy atom. The first kappa shape index (κ1) is 20.0. The van der Waals surface area contributed by atoms with Crippen LogP contribution in [-0.2, 0) is 9.59 Å². The quantitative estimate of drug-likeness (QED) is 0.426. The van der Waals surface area contributed by atoms with E-state index in [-0.39, 0.29) is 11.8 Å². The zero-order valence-electron chi connectivity index (χ0n) is 16.3. The van der Waals surface area contributed by atoms with Gasteiger partial charge in [0.15, 0.2) is 0 Å². The summed E-state index contributed by atoms with van der Waals surface area (Å²) >= 11 is 0. The summed E-state index contributed by atoms with van der Waals surface area (Å²) in [7, 11) is -1.01. The van der Waals surface area contributed by atoms with Gasteiger partial charge in [0.2, 0.25) is 11.8 Å². The number of benzene rings is 1. The van der Waals surface area contributed by atoms with Crippen LogP contribution < -0.4 is 15.4 Å². The molecule has 1 aromatic heterocycles. The molecule has 2 aromatic rings. The number of hydrogen-bond donors (Lipinski definition) is 1. The SMILES string of the molecule is C[SiH]1CN(C(=O)CCCCCNC(=O)/C=C/c2cccnc2)c2ccccc21. The lowest BCUT2D eigenvalue weighted by atomic mass is 10.1. The third-order valence-electron chi connectivity index (χ3n) is 4.99. The van der Waals surface area contributed by atoms with Gasteiger partial charge >= 0.3 is 0 Å². The number of nitrogens with one attached hydrogen (secondary N) is 1. The summed E-state index contributed by atoms with van der Waals surface area (Å²) < 4.78 is 0. The smallest absolute Gasteiger partial charge is 0.243 e. The number of aromatic nitrogens is 1. The molecule has 1 atom stereocenters. The van der Waals surface area contributed by atoms with Crippen molar-refractivity contribution in [1.82, 2.24) is 10.3 Å². The van der Waals surface area contributed by atoms with Crippen LogP contribution in [0.1, 0.15) is 31.2 Å². The molecule has 1 aliphatic rings. The van der Waals surface area contributed by atoms with Gasteiger partial charge in [-0.2, -0.15) is 0 Å². The minimum atomic E-state index is -1.01.